The SMILES string of the molecule is CO[Si](C)(C)O[Si]1(O[Si](C)(C)OC)O[Si](O[Si](C)(C)OC)(O[Si](C)(C)OC)O[Si](O[Si](C)(C)OC)(O[Si](C)(C)OC)O[Si](O[Si](C)(C)OC)(O[Si](C)(C)OC)O1. The van der Waals surface area contributed by atoms with E-state index in [1.807, 2.05) is 0 Å². The molecule has 56 heavy (non-hydrogen) atoms. The van der Waals surface area contributed by atoms with Crippen molar-refractivity contribution in [1.29, 1.82) is 0 Å². The Morgan fingerprint density at radius 1 is 0.214 bits per heavy atom. The molecule has 0 aromatic carbocycles. The van der Waals surface area contributed by atoms with E-state index in [1.165, 1.54) is 56.9 Å². The van der Waals surface area contributed by atoms with E-state index in [-0.39, 0.29) is 0 Å². The Hall–Kier alpha value is 1.80. The molecular weight excluding hydrogens is 945 g/mol. The molecule has 1 fully saturated rings. The second-order valence-electron chi connectivity index (χ2n) is 16.1. The molecule has 0 atom stereocenters. The second-order valence-corrected chi connectivity index (χ2v) is 55.5. The van der Waals surface area contributed by atoms with Crippen molar-refractivity contribution in [3.8, 4) is 0 Å². The fraction of sp³-hybridized carbons (Fsp3) is 1.00. The highest BCUT2D eigenvalue weighted by Gasteiger charge is 2.80. The predicted octanol–water partition coefficient (Wildman–Crippen LogP) is 4.73. The summed E-state index contributed by atoms with van der Waals surface area (Å²) in [4.78, 5) is 0. The molecule has 0 aromatic rings. The van der Waals surface area contributed by atoms with Gasteiger partial charge in [-0.2, -0.15) is 0 Å². The summed E-state index contributed by atoms with van der Waals surface area (Å²) in [5, 5.41) is 0. The lowest BCUT2D eigenvalue weighted by molar-refractivity contribution is -0.0451. The van der Waals surface area contributed by atoms with Gasteiger partial charge >= 0.3 is 105 Å². The maximum absolute atomic E-state index is 7.25. The number of hydrogen-bond donors (Lipinski definition) is 0. The summed E-state index contributed by atoms with van der Waals surface area (Å²) in [5.74, 6) is 0. The largest absolute Gasteiger partial charge is 0.649 e. The second kappa shape index (κ2) is 20.1. The normalized spacial score (nSPS) is 20.1. The van der Waals surface area contributed by atoms with E-state index >= 15 is 0 Å². The summed E-state index contributed by atoms with van der Waals surface area (Å²) in [6.07, 6.45) is 0. The maximum atomic E-state index is 7.25. The van der Waals surface area contributed by atoms with Crippen molar-refractivity contribution in [1.82, 2.24) is 0 Å². The lowest BCUT2D eigenvalue weighted by Gasteiger charge is -2.52. The topological polar surface area (TPSA) is 185 Å². The molecule has 0 radical (unpaired) electrons. The first kappa shape index (κ1) is 55.8. The molecule has 0 amide bonds. The summed E-state index contributed by atoms with van der Waals surface area (Å²) >= 11 is 0. The van der Waals surface area contributed by atoms with Gasteiger partial charge in [0.25, 0.3) is 0 Å². The first-order valence-electron chi connectivity index (χ1n) is 17.8. The van der Waals surface area contributed by atoms with Crippen molar-refractivity contribution >= 4 is 105 Å². The highest BCUT2D eigenvalue weighted by molar-refractivity contribution is 6.96. The lowest BCUT2D eigenvalue weighted by Crippen LogP contribution is -2.82. The molecule has 0 spiro atoms. The van der Waals surface area contributed by atoms with Crippen molar-refractivity contribution in [3.05, 3.63) is 0 Å². The van der Waals surface area contributed by atoms with Crippen LogP contribution in [-0.2, 0) is 84.8 Å². The maximum Gasteiger partial charge on any atom is 0.649 e. The number of rotatable bonds is 24. The molecule has 1 aliphatic heterocycles. The lowest BCUT2D eigenvalue weighted by atomic mass is 11.8. The predicted molar refractivity (Wildman–Crippen MR) is 232 cm³/mol. The van der Waals surface area contributed by atoms with E-state index < -0.39 is 105 Å². The van der Waals surface area contributed by atoms with Crippen LogP contribution in [0.1, 0.15) is 0 Å². The Bertz CT molecular complexity index is 974. The van der Waals surface area contributed by atoms with Gasteiger partial charge in [0.2, 0.25) is 0 Å². The molecule has 0 bridgehead atoms. The van der Waals surface area contributed by atoms with E-state index in [0.717, 1.165) is 0 Å². The van der Waals surface area contributed by atoms with E-state index in [4.69, 9.17) is 84.8 Å². The van der Waals surface area contributed by atoms with Crippen LogP contribution in [0, 0.1) is 0 Å². The van der Waals surface area contributed by atoms with Crippen LogP contribution in [0.4, 0.5) is 0 Å². The fourth-order valence-electron chi connectivity index (χ4n) is 3.85. The molecule has 32 heteroatoms. The minimum absolute atomic E-state index is 1.51. The van der Waals surface area contributed by atoms with Gasteiger partial charge in [-0.15, -0.1) is 0 Å². The van der Waals surface area contributed by atoms with Crippen LogP contribution in [0.5, 0.6) is 0 Å². The van der Waals surface area contributed by atoms with Gasteiger partial charge in [-0.3, -0.25) is 0 Å². The van der Waals surface area contributed by atoms with Gasteiger partial charge in [-0.25, -0.2) is 0 Å². The zero-order chi connectivity index (χ0) is 44.1. The average molecular weight is 1020 g/mol. The van der Waals surface area contributed by atoms with Crippen LogP contribution in [0.2, 0.25) is 105 Å². The Morgan fingerprint density at radius 3 is 0.375 bits per heavy atom. The average Bonchev–Trinajstić information content (AvgIpc) is 3.01. The minimum Gasteiger partial charge on any atom is -0.398 e. The first-order valence-corrected chi connectivity index (χ1v) is 46.9. The molecular formula is C24H72O20Si12. The molecule has 0 aromatic heterocycles. The van der Waals surface area contributed by atoms with Crippen LogP contribution in [0.3, 0.4) is 0 Å². The molecule has 1 aliphatic rings. The van der Waals surface area contributed by atoms with E-state index in [1.54, 1.807) is 105 Å². The molecule has 0 N–H and O–H groups in total. The van der Waals surface area contributed by atoms with Gasteiger partial charge in [0, 0.05) is 56.9 Å². The Balaban J connectivity index is 4.96. The Morgan fingerprint density at radius 2 is 0.304 bits per heavy atom. The molecule has 1 heterocycles. The Labute approximate surface area is 349 Å². The standard InChI is InChI=1S/C24H72O20Si12/c1-25-45(9,10)33-53(34-46(11,12)26-2)41-54(35-47(13,14)27-3,36-48(15,16)28-4)43-56(39-51(21,22)31-7,40-52(23,24)32-8)44-55(42-53,37-49(17,18)29-5)38-50(19,20)30-6/h1-24H3. The Kier molecular flexibility index (Phi) is 20.0. The minimum atomic E-state index is -5.01. The number of hydrogen-bond acceptors (Lipinski definition) is 20. The molecule has 1 rings (SSSR count). The van der Waals surface area contributed by atoms with Gasteiger partial charge in [-0.05, 0) is 105 Å². The third-order valence-electron chi connectivity index (χ3n) is 7.90. The van der Waals surface area contributed by atoms with Crippen LogP contribution in [0.25, 0.3) is 0 Å². The molecule has 1 saturated heterocycles. The van der Waals surface area contributed by atoms with Crippen molar-refractivity contribution < 1.29 is 84.8 Å². The van der Waals surface area contributed by atoms with E-state index in [2.05, 4.69) is 0 Å². The van der Waals surface area contributed by atoms with Crippen LogP contribution >= 0.6 is 0 Å². The van der Waals surface area contributed by atoms with Crippen molar-refractivity contribution in [2.24, 2.45) is 0 Å². The van der Waals surface area contributed by atoms with Gasteiger partial charge in [0.1, 0.15) is 0 Å². The summed E-state index contributed by atoms with van der Waals surface area (Å²) in [6, 6.07) is 0. The molecule has 336 valence electrons. The third-order valence-corrected chi connectivity index (χ3v) is 47.5. The smallest absolute Gasteiger partial charge is 0.398 e. The van der Waals surface area contributed by atoms with Crippen molar-refractivity contribution in [3.63, 3.8) is 0 Å². The summed E-state index contributed by atoms with van der Waals surface area (Å²) in [5.41, 5.74) is 0. The van der Waals surface area contributed by atoms with E-state index in [9.17, 15) is 0 Å². The van der Waals surface area contributed by atoms with E-state index in [0.29, 0.717) is 0 Å². The van der Waals surface area contributed by atoms with Crippen LogP contribution in [0.15, 0.2) is 0 Å². The highest BCUT2D eigenvalue weighted by Crippen LogP contribution is 2.43. The van der Waals surface area contributed by atoms with Gasteiger partial charge < -0.3 is 84.8 Å². The fourth-order valence-corrected chi connectivity index (χ4v) is 43.7. The van der Waals surface area contributed by atoms with Crippen LogP contribution < -0.4 is 0 Å². The zero-order valence-corrected chi connectivity index (χ0v) is 50.2. The monoisotopic (exact) mass is 1020 g/mol. The van der Waals surface area contributed by atoms with Gasteiger partial charge in [0.15, 0.2) is 0 Å². The van der Waals surface area contributed by atoms with Crippen molar-refractivity contribution in [2.75, 3.05) is 56.9 Å². The van der Waals surface area contributed by atoms with Gasteiger partial charge in [0.05, 0.1) is 0 Å². The van der Waals surface area contributed by atoms with Crippen molar-refractivity contribution in [2.45, 2.75) is 105 Å². The summed E-state index contributed by atoms with van der Waals surface area (Å²) < 4.78 is 132. The zero-order valence-electron chi connectivity index (χ0n) is 38.2. The summed E-state index contributed by atoms with van der Waals surface area (Å²) in [7, 11) is -34.3. The van der Waals surface area contributed by atoms with Crippen LogP contribution in [-0.4, -0.2) is 162 Å². The molecule has 20 nitrogen and oxygen atoms in total. The summed E-state index contributed by atoms with van der Waals surface area (Å²) in [6.45, 7) is 28.5. The third kappa shape index (κ3) is 17.5. The first-order chi connectivity index (χ1) is 25.0. The highest BCUT2D eigenvalue weighted by atomic mass is 28.6. The quantitative estimate of drug-likeness (QED) is 0.121. The van der Waals surface area contributed by atoms with Gasteiger partial charge in [-0.1, -0.05) is 0 Å². The molecule has 0 unspecified atom stereocenters. The molecule has 0 saturated carbocycles. The molecule has 0 aliphatic carbocycles.